The van der Waals surface area contributed by atoms with E-state index in [1.165, 1.54) is 0 Å². The highest BCUT2D eigenvalue weighted by atomic mass is 127. The maximum Gasteiger partial charge on any atom is 0.294 e. The average Bonchev–Trinajstić information content (AvgIpc) is 3.12. The molecule has 1 saturated heterocycles. The molecular weight excluding hydrogens is 718 g/mol. The molecule has 1 fully saturated rings. The maximum atomic E-state index is 12.9. The molecule has 4 rings (SSSR count). The number of carbonyl (C=O) groups excluding carboxylic acids is 3. The minimum Gasteiger partial charge on any atom is -0.494 e. The first-order chi connectivity index (χ1) is 17.8. The predicted octanol–water partition coefficient (Wildman–Crippen LogP) is 6.55. The molecular formula is C27H22I2N2O5S. The predicted molar refractivity (Wildman–Crippen MR) is 162 cm³/mol. The van der Waals surface area contributed by atoms with E-state index in [-0.39, 0.29) is 11.4 Å². The summed E-state index contributed by atoms with van der Waals surface area (Å²) in [5.74, 6) is 0.501. The van der Waals surface area contributed by atoms with Crippen molar-refractivity contribution in [1.82, 2.24) is 4.90 Å². The van der Waals surface area contributed by atoms with Gasteiger partial charge in [-0.1, -0.05) is 30.3 Å². The Morgan fingerprint density at radius 3 is 2.32 bits per heavy atom. The van der Waals surface area contributed by atoms with E-state index in [4.69, 9.17) is 9.47 Å². The van der Waals surface area contributed by atoms with Gasteiger partial charge in [0.25, 0.3) is 11.1 Å². The summed E-state index contributed by atoms with van der Waals surface area (Å²) < 4.78 is 13.2. The van der Waals surface area contributed by atoms with E-state index < -0.39 is 17.1 Å². The fourth-order valence-electron chi connectivity index (χ4n) is 3.46. The van der Waals surface area contributed by atoms with Gasteiger partial charge in [-0.15, -0.1) is 0 Å². The number of nitrogens with one attached hydrogen (secondary N) is 1. The number of anilines is 1. The van der Waals surface area contributed by atoms with Crippen LogP contribution in [0.4, 0.5) is 10.5 Å². The molecule has 0 aromatic heterocycles. The van der Waals surface area contributed by atoms with E-state index >= 15 is 0 Å². The van der Waals surface area contributed by atoms with Gasteiger partial charge in [-0.05, 0) is 117 Å². The van der Waals surface area contributed by atoms with Gasteiger partial charge >= 0.3 is 0 Å². The number of thioether (sulfide) groups is 1. The second kappa shape index (κ2) is 12.8. The molecule has 1 N–H and O–H groups in total. The van der Waals surface area contributed by atoms with Gasteiger partial charge in [0.05, 0.1) is 18.7 Å². The van der Waals surface area contributed by atoms with Crippen LogP contribution in [-0.4, -0.2) is 35.1 Å². The lowest BCUT2D eigenvalue weighted by Gasteiger charge is -2.13. The van der Waals surface area contributed by atoms with Gasteiger partial charge in [0.2, 0.25) is 5.91 Å². The van der Waals surface area contributed by atoms with Gasteiger partial charge in [-0.3, -0.25) is 19.3 Å². The Hall–Kier alpha value is -2.58. The summed E-state index contributed by atoms with van der Waals surface area (Å²) in [6, 6.07) is 20.6. The molecule has 0 unspecified atom stereocenters. The van der Waals surface area contributed by atoms with Crippen LogP contribution in [0.2, 0.25) is 0 Å². The summed E-state index contributed by atoms with van der Waals surface area (Å²) in [6.45, 7) is 2.52. The van der Waals surface area contributed by atoms with Crippen molar-refractivity contribution in [2.24, 2.45) is 0 Å². The Morgan fingerprint density at radius 2 is 1.68 bits per heavy atom. The second-order valence-corrected chi connectivity index (χ2v) is 11.2. The molecule has 0 bridgehead atoms. The molecule has 0 aliphatic carbocycles. The third-order valence-electron chi connectivity index (χ3n) is 5.17. The number of imide groups is 1. The van der Waals surface area contributed by atoms with Crippen LogP contribution in [-0.2, 0) is 16.2 Å². The van der Waals surface area contributed by atoms with Crippen LogP contribution in [0.5, 0.6) is 11.5 Å². The Morgan fingerprint density at radius 1 is 1.00 bits per heavy atom. The van der Waals surface area contributed by atoms with Crippen molar-refractivity contribution in [1.29, 1.82) is 0 Å². The Balaban J connectivity index is 1.40. The quantitative estimate of drug-likeness (QED) is 0.198. The van der Waals surface area contributed by atoms with Crippen molar-refractivity contribution >= 4 is 85.8 Å². The molecule has 0 radical (unpaired) electrons. The van der Waals surface area contributed by atoms with Crippen LogP contribution < -0.4 is 14.8 Å². The van der Waals surface area contributed by atoms with E-state index in [1.54, 1.807) is 30.3 Å². The number of rotatable bonds is 9. The van der Waals surface area contributed by atoms with Crippen molar-refractivity contribution in [2.75, 3.05) is 18.5 Å². The number of amides is 3. The first-order valence-corrected chi connectivity index (χ1v) is 14.2. The van der Waals surface area contributed by atoms with Gasteiger partial charge < -0.3 is 14.8 Å². The third-order valence-corrected chi connectivity index (χ3v) is 7.68. The molecule has 1 aliphatic rings. The molecule has 7 nitrogen and oxygen atoms in total. The highest BCUT2D eigenvalue weighted by Crippen LogP contribution is 2.35. The Labute approximate surface area is 246 Å². The first-order valence-electron chi connectivity index (χ1n) is 11.3. The van der Waals surface area contributed by atoms with Crippen LogP contribution in [0, 0.1) is 7.14 Å². The number of hydrogen-bond donors (Lipinski definition) is 1. The minimum absolute atomic E-state index is 0.267. The molecule has 37 heavy (non-hydrogen) atoms. The van der Waals surface area contributed by atoms with Crippen LogP contribution in [0.1, 0.15) is 18.1 Å². The summed E-state index contributed by atoms with van der Waals surface area (Å²) >= 11 is 5.22. The van der Waals surface area contributed by atoms with E-state index in [0.29, 0.717) is 24.7 Å². The normalized spacial score (nSPS) is 14.2. The molecule has 0 saturated carbocycles. The number of ether oxygens (including phenoxy) is 2. The highest BCUT2D eigenvalue weighted by Gasteiger charge is 2.36. The lowest BCUT2D eigenvalue weighted by Crippen LogP contribution is -2.36. The van der Waals surface area contributed by atoms with Crippen LogP contribution >= 0.6 is 56.9 Å². The van der Waals surface area contributed by atoms with Gasteiger partial charge in [0.15, 0.2) is 0 Å². The van der Waals surface area contributed by atoms with Crippen molar-refractivity contribution < 1.29 is 23.9 Å². The Kier molecular flexibility index (Phi) is 9.49. The van der Waals surface area contributed by atoms with Crippen molar-refractivity contribution in [3.05, 3.63) is 89.9 Å². The van der Waals surface area contributed by atoms with E-state index in [9.17, 15) is 14.4 Å². The zero-order valence-corrected chi connectivity index (χ0v) is 24.8. The molecule has 0 spiro atoms. The van der Waals surface area contributed by atoms with E-state index in [1.807, 2.05) is 49.4 Å². The van der Waals surface area contributed by atoms with Crippen molar-refractivity contribution in [3.63, 3.8) is 0 Å². The smallest absolute Gasteiger partial charge is 0.294 e. The third kappa shape index (κ3) is 7.26. The molecule has 190 valence electrons. The fourth-order valence-corrected chi connectivity index (χ4v) is 6.43. The topological polar surface area (TPSA) is 84.9 Å². The zero-order valence-electron chi connectivity index (χ0n) is 19.7. The number of nitrogens with zero attached hydrogens (tertiary/aromatic N) is 1. The summed E-state index contributed by atoms with van der Waals surface area (Å²) in [7, 11) is 0. The lowest BCUT2D eigenvalue weighted by molar-refractivity contribution is -0.127. The first kappa shape index (κ1) is 27.5. The molecule has 1 heterocycles. The minimum atomic E-state index is -0.494. The van der Waals surface area contributed by atoms with Crippen LogP contribution in [0.15, 0.2) is 71.6 Å². The molecule has 1 aliphatic heterocycles. The van der Waals surface area contributed by atoms with Gasteiger partial charge in [0.1, 0.15) is 24.7 Å². The molecule has 3 aromatic rings. The molecule has 3 amide bonds. The number of hydrogen-bond acceptors (Lipinski definition) is 6. The average molecular weight is 740 g/mol. The standard InChI is InChI=1S/C27H22I2N2O5S/c1-2-35-20-10-8-19(9-11-20)30-24(32)15-31-26(33)23(37-27(31)34)14-18-12-21(28)25(22(29)13-18)36-16-17-6-4-3-5-7-17/h3-14H,2,15-16H2,1H3,(H,30,32)/b23-14+. The van der Waals surface area contributed by atoms with E-state index in [2.05, 4.69) is 50.5 Å². The van der Waals surface area contributed by atoms with E-state index in [0.717, 1.165) is 40.7 Å². The number of halogens is 2. The number of benzene rings is 3. The summed E-state index contributed by atoms with van der Waals surface area (Å²) in [5.41, 5.74) is 2.39. The van der Waals surface area contributed by atoms with Crippen LogP contribution in [0.3, 0.4) is 0 Å². The molecule has 0 atom stereocenters. The zero-order chi connectivity index (χ0) is 26.4. The highest BCUT2D eigenvalue weighted by molar-refractivity contribution is 14.1. The lowest BCUT2D eigenvalue weighted by atomic mass is 10.2. The second-order valence-electron chi connectivity index (χ2n) is 7.86. The fraction of sp³-hybridized carbons (Fsp3) is 0.148. The monoisotopic (exact) mass is 740 g/mol. The summed E-state index contributed by atoms with van der Waals surface area (Å²) in [5, 5.41) is 2.22. The molecule has 3 aromatic carbocycles. The maximum absolute atomic E-state index is 12.9. The number of carbonyl (C=O) groups is 3. The van der Waals surface area contributed by atoms with Gasteiger partial charge in [0, 0.05) is 5.69 Å². The van der Waals surface area contributed by atoms with Gasteiger partial charge in [-0.2, -0.15) is 0 Å². The molecule has 10 heteroatoms. The Bertz CT molecular complexity index is 1320. The summed E-state index contributed by atoms with van der Waals surface area (Å²) in [4.78, 5) is 39.1. The van der Waals surface area contributed by atoms with Gasteiger partial charge in [-0.25, -0.2) is 0 Å². The SMILES string of the molecule is CCOc1ccc(NC(=O)CN2C(=O)S/C(=C/c3cc(I)c(OCc4ccccc4)c(I)c3)C2=O)cc1. The van der Waals surface area contributed by atoms with Crippen molar-refractivity contribution in [2.45, 2.75) is 13.5 Å². The summed E-state index contributed by atoms with van der Waals surface area (Å²) in [6.07, 6.45) is 1.67. The van der Waals surface area contributed by atoms with Crippen LogP contribution in [0.25, 0.3) is 6.08 Å². The largest absolute Gasteiger partial charge is 0.494 e. The van der Waals surface area contributed by atoms with Crippen molar-refractivity contribution in [3.8, 4) is 11.5 Å².